The highest BCUT2D eigenvalue weighted by Gasteiger charge is 2.14. The number of benzene rings is 1. The van der Waals surface area contributed by atoms with Gasteiger partial charge in [-0.3, -0.25) is 4.79 Å². The van der Waals surface area contributed by atoms with E-state index in [4.69, 9.17) is 5.11 Å². The van der Waals surface area contributed by atoms with Crippen LogP contribution in [0.4, 0.5) is 0 Å². The lowest BCUT2D eigenvalue weighted by Gasteiger charge is -2.18. The van der Waals surface area contributed by atoms with Crippen molar-refractivity contribution in [2.24, 2.45) is 5.92 Å². The minimum Gasteiger partial charge on any atom is -0.481 e. The molecule has 3 nitrogen and oxygen atoms in total. The Balaban J connectivity index is 2.07. The second-order valence-electron chi connectivity index (χ2n) is 4.69. The molecule has 1 aromatic heterocycles. The Hall–Kier alpha value is -1.39. The van der Waals surface area contributed by atoms with E-state index in [-0.39, 0.29) is 5.92 Å². The van der Waals surface area contributed by atoms with Gasteiger partial charge in [-0.2, -0.15) is 0 Å². The zero-order valence-electron chi connectivity index (χ0n) is 10.6. The van der Waals surface area contributed by atoms with Crippen LogP contribution < -0.4 is 0 Å². The third kappa shape index (κ3) is 2.89. The van der Waals surface area contributed by atoms with E-state index in [0.29, 0.717) is 6.54 Å². The number of carbonyl (C=O) groups is 1. The summed E-state index contributed by atoms with van der Waals surface area (Å²) in [5.41, 5.74) is 1.27. The summed E-state index contributed by atoms with van der Waals surface area (Å²) in [7, 11) is 1.96. The van der Waals surface area contributed by atoms with Crippen LogP contribution in [-0.4, -0.2) is 29.6 Å². The molecule has 2 rings (SSSR count). The van der Waals surface area contributed by atoms with E-state index in [1.54, 1.807) is 18.3 Å². The number of thiophene rings is 1. The van der Waals surface area contributed by atoms with Crippen LogP contribution in [0.15, 0.2) is 29.6 Å². The summed E-state index contributed by atoms with van der Waals surface area (Å²) in [5.74, 6) is -1.07. The third-order valence-electron chi connectivity index (χ3n) is 3.01. The van der Waals surface area contributed by atoms with Crippen LogP contribution in [0.5, 0.6) is 0 Å². The first-order valence-corrected chi connectivity index (χ1v) is 6.82. The number of nitrogens with zero attached hydrogens (tertiary/aromatic N) is 1. The molecule has 4 heteroatoms. The Bertz CT molecular complexity index is 549. The topological polar surface area (TPSA) is 40.5 Å². The first-order chi connectivity index (χ1) is 8.58. The van der Waals surface area contributed by atoms with E-state index >= 15 is 0 Å². The normalized spacial score (nSPS) is 13.1. The molecule has 2 aromatic rings. The number of fused-ring (bicyclic) bond motifs is 1. The molecule has 1 atom stereocenters. The smallest absolute Gasteiger partial charge is 0.307 e. The van der Waals surface area contributed by atoms with Gasteiger partial charge < -0.3 is 10.0 Å². The van der Waals surface area contributed by atoms with Crippen LogP contribution in [0.2, 0.25) is 0 Å². The molecule has 96 valence electrons. The minimum absolute atomic E-state index is 0.333. The first kappa shape index (κ1) is 13.1. The molecule has 0 fully saturated rings. The van der Waals surface area contributed by atoms with Crippen LogP contribution in [0.25, 0.3) is 10.1 Å². The Labute approximate surface area is 111 Å². The quantitative estimate of drug-likeness (QED) is 0.901. The van der Waals surface area contributed by atoms with Gasteiger partial charge in [-0.05, 0) is 29.4 Å². The van der Waals surface area contributed by atoms with Crippen molar-refractivity contribution >= 4 is 27.4 Å². The molecule has 0 saturated heterocycles. The Morgan fingerprint density at radius 3 is 2.89 bits per heavy atom. The molecular formula is C14H17NO2S. The molecule has 18 heavy (non-hydrogen) atoms. The lowest BCUT2D eigenvalue weighted by atomic mass is 10.1. The van der Waals surface area contributed by atoms with Crippen molar-refractivity contribution in [1.82, 2.24) is 4.90 Å². The monoisotopic (exact) mass is 263 g/mol. The Kier molecular flexibility index (Phi) is 3.99. The van der Waals surface area contributed by atoms with E-state index in [2.05, 4.69) is 22.4 Å². The second kappa shape index (κ2) is 5.50. The van der Waals surface area contributed by atoms with Crippen molar-refractivity contribution in [3.63, 3.8) is 0 Å². The molecule has 0 bridgehead atoms. The lowest BCUT2D eigenvalue weighted by molar-refractivity contribution is -0.141. The molecule has 1 aromatic carbocycles. The van der Waals surface area contributed by atoms with E-state index in [9.17, 15) is 4.79 Å². The van der Waals surface area contributed by atoms with Gasteiger partial charge in [0.15, 0.2) is 0 Å². The number of rotatable bonds is 5. The first-order valence-electron chi connectivity index (χ1n) is 5.94. The zero-order chi connectivity index (χ0) is 13.1. The molecule has 0 aliphatic carbocycles. The molecular weight excluding hydrogens is 246 g/mol. The molecule has 0 saturated carbocycles. The summed E-state index contributed by atoms with van der Waals surface area (Å²) in [6.07, 6.45) is 0. The van der Waals surface area contributed by atoms with Gasteiger partial charge >= 0.3 is 5.97 Å². The zero-order valence-corrected chi connectivity index (χ0v) is 11.4. The third-order valence-corrected chi connectivity index (χ3v) is 4.02. The van der Waals surface area contributed by atoms with Gasteiger partial charge in [0, 0.05) is 17.8 Å². The lowest BCUT2D eigenvalue weighted by Crippen LogP contribution is -2.28. The predicted octanol–water partition coefficient (Wildman–Crippen LogP) is 3.05. The molecule has 0 radical (unpaired) electrons. The molecule has 0 spiro atoms. The Morgan fingerprint density at radius 1 is 1.44 bits per heavy atom. The molecule has 0 aliphatic rings. The standard InChI is InChI=1S/C14H17NO2S/c1-10(14(16)17)7-15(2)8-11-9-18-13-6-4-3-5-12(11)13/h3-6,9-10H,7-8H2,1-2H3,(H,16,17). The fourth-order valence-corrected chi connectivity index (χ4v) is 3.01. The Morgan fingerprint density at radius 2 is 2.17 bits per heavy atom. The van der Waals surface area contributed by atoms with E-state index in [1.807, 2.05) is 19.2 Å². The maximum absolute atomic E-state index is 10.8. The van der Waals surface area contributed by atoms with Crippen molar-refractivity contribution in [2.45, 2.75) is 13.5 Å². The highest BCUT2D eigenvalue weighted by molar-refractivity contribution is 7.17. The summed E-state index contributed by atoms with van der Waals surface area (Å²) in [6, 6.07) is 8.32. The number of hydrogen-bond acceptors (Lipinski definition) is 3. The second-order valence-corrected chi connectivity index (χ2v) is 5.60. The molecule has 0 amide bonds. The van der Waals surface area contributed by atoms with Gasteiger partial charge in [-0.25, -0.2) is 0 Å². The maximum atomic E-state index is 10.8. The minimum atomic E-state index is -0.739. The highest BCUT2D eigenvalue weighted by Crippen LogP contribution is 2.26. The van der Waals surface area contributed by atoms with Gasteiger partial charge in [-0.15, -0.1) is 11.3 Å². The summed E-state index contributed by atoms with van der Waals surface area (Å²) in [4.78, 5) is 12.9. The van der Waals surface area contributed by atoms with Gasteiger partial charge in [0.05, 0.1) is 5.92 Å². The number of hydrogen-bond donors (Lipinski definition) is 1. The number of carboxylic acid groups (broad SMARTS) is 1. The van der Waals surface area contributed by atoms with Crippen LogP contribution in [0.3, 0.4) is 0 Å². The fourth-order valence-electron chi connectivity index (χ4n) is 2.06. The largest absolute Gasteiger partial charge is 0.481 e. The molecule has 0 aliphatic heterocycles. The number of aliphatic carboxylic acids is 1. The predicted molar refractivity (Wildman–Crippen MR) is 75.0 cm³/mol. The van der Waals surface area contributed by atoms with E-state index < -0.39 is 5.97 Å². The summed E-state index contributed by atoms with van der Waals surface area (Å²) < 4.78 is 1.28. The summed E-state index contributed by atoms with van der Waals surface area (Å²) in [5, 5.41) is 12.3. The summed E-state index contributed by atoms with van der Waals surface area (Å²) >= 11 is 1.74. The molecule has 1 heterocycles. The average Bonchev–Trinajstić information content (AvgIpc) is 2.72. The van der Waals surface area contributed by atoms with Crippen LogP contribution in [0, 0.1) is 5.92 Å². The van der Waals surface area contributed by atoms with Crippen molar-refractivity contribution in [3.05, 3.63) is 35.2 Å². The van der Waals surface area contributed by atoms with E-state index in [0.717, 1.165) is 6.54 Å². The van der Waals surface area contributed by atoms with Gasteiger partial charge in [0.25, 0.3) is 0 Å². The molecule has 1 N–H and O–H groups in total. The maximum Gasteiger partial charge on any atom is 0.307 e. The SMILES string of the molecule is CC(CN(C)Cc1csc2ccccc12)C(=O)O. The van der Waals surface area contributed by atoms with Crippen LogP contribution in [-0.2, 0) is 11.3 Å². The average molecular weight is 263 g/mol. The highest BCUT2D eigenvalue weighted by atomic mass is 32.1. The van der Waals surface area contributed by atoms with Crippen molar-refractivity contribution in [3.8, 4) is 0 Å². The van der Waals surface area contributed by atoms with Crippen LogP contribution in [0.1, 0.15) is 12.5 Å². The fraction of sp³-hybridized carbons (Fsp3) is 0.357. The van der Waals surface area contributed by atoms with Gasteiger partial charge in [0.2, 0.25) is 0 Å². The summed E-state index contributed by atoms with van der Waals surface area (Å²) in [6.45, 7) is 3.10. The van der Waals surface area contributed by atoms with Gasteiger partial charge in [-0.1, -0.05) is 25.1 Å². The molecule has 1 unspecified atom stereocenters. The number of carboxylic acids is 1. The van der Waals surface area contributed by atoms with E-state index in [1.165, 1.54) is 15.6 Å². The van der Waals surface area contributed by atoms with Crippen molar-refractivity contribution in [1.29, 1.82) is 0 Å². The van der Waals surface area contributed by atoms with Crippen molar-refractivity contribution in [2.75, 3.05) is 13.6 Å². The van der Waals surface area contributed by atoms with Crippen molar-refractivity contribution < 1.29 is 9.90 Å². The van der Waals surface area contributed by atoms with Crippen LogP contribution >= 0.6 is 11.3 Å². The van der Waals surface area contributed by atoms with Gasteiger partial charge in [0.1, 0.15) is 0 Å².